The molecule has 29 heavy (non-hydrogen) atoms. The van der Waals surface area contributed by atoms with Gasteiger partial charge in [0.05, 0.1) is 17.5 Å². The summed E-state index contributed by atoms with van der Waals surface area (Å²) in [4.78, 5) is 11.3. The number of rotatable bonds is 10. The first kappa shape index (κ1) is 25.3. The van der Waals surface area contributed by atoms with Crippen LogP contribution in [0.1, 0.15) is 43.9 Å². The second-order valence-electron chi connectivity index (χ2n) is 7.17. The summed E-state index contributed by atoms with van der Waals surface area (Å²) in [5.74, 6) is -0.283. The van der Waals surface area contributed by atoms with Crippen molar-refractivity contribution < 1.29 is 41.9 Å². The van der Waals surface area contributed by atoms with Crippen LogP contribution in [0.25, 0.3) is 0 Å². The van der Waals surface area contributed by atoms with E-state index in [0.717, 1.165) is 12.0 Å². The molecule has 0 aliphatic rings. The molecule has 1 unspecified atom stereocenters. The number of sulfonamides is 1. The number of carbonyl (C=O) groups is 1. The van der Waals surface area contributed by atoms with Gasteiger partial charge in [-0.3, -0.25) is 0 Å². The molecule has 0 heterocycles. The molecule has 0 spiro atoms. The van der Waals surface area contributed by atoms with Crippen LogP contribution in [0, 0.1) is 12.8 Å². The maximum absolute atomic E-state index is 12.7. The molecule has 0 radical (unpaired) electrons. The number of aryl methyl sites for hydroxylation is 1. The Bertz CT molecular complexity index is 898. The van der Waals surface area contributed by atoms with E-state index in [0.29, 0.717) is 23.8 Å². The molecule has 0 aromatic heterocycles. The van der Waals surface area contributed by atoms with E-state index in [1.807, 2.05) is 6.92 Å². The summed E-state index contributed by atoms with van der Waals surface area (Å²) in [6.45, 7) is 6.57. The van der Waals surface area contributed by atoms with Crippen LogP contribution in [0.5, 0.6) is 5.75 Å². The van der Waals surface area contributed by atoms with Crippen molar-refractivity contribution in [3.63, 3.8) is 0 Å². The van der Waals surface area contributed by atoms with Crippen molar-refractivity contribution in [3.05, 3.63) is 59.7 Å². The smallest absolute Gasteiger partial charge is 0.550 e. The number of hydrogen-bond donors (Lipinski definition) is 1. The van der Waals surface area contributed by atoms with Crippen LogP contribution in [0.4, 0.5) is 0 Å². The molecule has 0 fully saturated rings. The second kappa shape index (κ2) is 11.4. The molecule has 0 aliphatic carbocycles. The number of hydrogen-bond acceptors (Lipinski definition) is 5. The molecule has 0 saturated heterocycles. The van der Waals surface area contributed by atoms with Crippen molar-refractivity contribution in [2.45, 2.75) is 44.6 Å². The second-order valence-corrected chi connectivity index (χ2v) is 8.88. The molecule has 6 nitrogen and oxygen atoms in total. The number of aliphatic carboxylic acids is 1. The van der Waals surface area contributed by atoms with Gasteiger partial charge in [-0.05, 0) is 49.1 Å². The fraction of sp³-hybridized carbons (Fsp3) is 0.381. The van der Waals surface area contributed by atoms with E-state index in [-0.39, 0.29) is 23.8 Å². The number of carboxylic acids is 1. The number of nitrogens with one attached hydrogen (secondary N) is 1. The summed E-state index contributed by atoms with van der Waals surface area (Å²) in [6.07, 6.45) is 0.396. The van der Waals surface area contributed by atoms with Crippen LogP contribution in [0.2, 0.25) is 0 Å². The van der Waals surface area contributed by atoms with Crippen LogP contribution >= 0.6 is 0 Å². The Kier molecular flexibility index (Phi) is 9.94. The third kappa shape index (κ3) is 8.23. The SMILES string of the molecule is Cc1ccc(S(=O)(=O)NC(CC(=O)[O-])c2cccc(OCCC(C)C)c2)cc1.[Li+]. The Morgan fingerprint density at radius 2 is 1.79 bits per heavy atom. The zero-order valence-corrected chi connectivity index (χ0v) is 18.2. The van der Waals surface area contributed by atoms with E-state index in [9.17, 15) is 18.3 Å². The van der Waals surface area contributed by atoms with E-state index in [4.69, 9.17) is 4.74 Å². The first-order valence-corrected chi connectivity index (χ1v) is 10.7. The van der Waals surface area contributed by atoms with Gasteiger partial charge in [0, 0.05) is 12.4 Å². The monoisotopic (exact) mass is 411 g/mol. The van der Waals surface area contributed by atoms with Crippen LogP contribution in [0.3, 0.4) is 0 Å². The zero-order chi connectivity index (χ0) is 20.7. The fourth-order valence-electron chi connectivity index (χ4n) is 2.60. The number of benzene rings is 2. The van der Waals surface area contributed by atoms with Crippen molar-refractivity contribution in [1.82, 2.24) is 4.72 Å². The van der Waals surface area contributed by atoms with Crippen LogP contribution < -0.4 is 33.4 Å². The Morgan fingerprint density at radius 1 is 1.14 bits per heavy atom. The average molecular weight is 411 g/mol. The summed E-state index contributed by atoms with van der Waals surface area (Å²) in [5.41, 5.74) is 1.43. The first-order valence-electron chi connectivity index (χ1n) is 9.19. The molecule has 1 N–H and O–H groups in total. The largest absolute Gasteiger partial charge is 1.00 e. The molecule has 0 bridgehead atoms. The van der Waals surface area contributed by atoms with Gasteiger partial charge in [-0.2, -0.15) is 0 Å². The van der Waals surface area contributed by atoms with E-state index in [1.54, 1.807) is 36.4 Å². The minimum absolute atomic E-state index is 0. The number of carbonyl (C=O) groups excluding carboxylic acids is 1. The summed E-state index contributed by atoms with van der Waals surface area (Å²) < 4.78 is 33.5. The van der Waals surface area contributed by atoms with Crippen molar-refractivity contribution in [3.8, 4) is 5.75 Å². The molecular weight excluding hydrogens is 385 g/mol. The summed E-state index contributed by atoms with van der Waals surface area (Å²) in [5, 5.41) is 11.2. The van der Waals surface area contributed by atoms with Gasteiger partial charge in [0.1, 0.15) is 5.75 Å². The summed E-state index contributed by atoms with van der Waals surface area (Å²) in [6, 6.07) is 12.2. The van der Waals surface area contributed by atoms with Crippen molar-refractivity contribution in [1.29, 1.82) is 0 Å². The van der Waals surface area contributed by atoms with Gasteiger partial charge in [0.25, 0.3) is 0 Å². The Hall–Kier alpha value is -1.78. The molecule has 0 aliphatic heterocycles. The van der Waals surface area contributed by atoms with Gasteiger partial charge in [0.15, 0.2) is 0 Å². The van der Waals surface area contributed by atoms with Gasteiger partial charge in [-0.15, -0.1) is 0 Å². The molecule has 0 amide bonds. The van der Waals surface area contributed by atoms with Gasteiger partial charge < -0.3 is 14.6 Å². The first-order chi connectivity index (χ1) is 13.2. The predicted molar refractivity (Wildman–Crippen MR) is 105 cm³/mol. The van der Waals surface area contributed by atoms with Crippen LogP contribution in [-0.4, -0.2) is 21.0 Å². The molecule has 2 aromatic rings. The quantitative estimate of drug-likeness (QED) is 0.536. The molecule has 1 atom stereocenters. The van der Waals surface area contributed by atoms with Crippen molar-refractivity contribution in [2.75, 3.05) is 6.61 Å². The maximum atomic E-state index is 12.7. The third-order valence-electron chi connectivity index (χ3n) is 4.22. The number of ether oxygens (including phenoxy) is 1. The minimum atomic E-state index is -3.89. The normalized spacial score (nSPS) is 12.3. The van der Waals surface area contributed by atoms with Crippen LogP contribution in [0.15, 0.2) is 53.4 Å². The van der Waals surface area contributed by atoms with Gasteiger partial charge in [0.2, 0.25) is 10.0 Å². The summed E-state index contributed by atoms with van der Waals surface area (Å²) in [7, 11) is -3.89. The number of carboxylic acid groups (broad SMARTS) is 1. The van der Waals surface area contributed by atoms with Crippen molar-refractivity contribution in [2.24, 2.45) is 5.92 Å². The standard InChI is InChI=1S/C21H27NO5S.Li/c1-15(2)11-12-27-18-6-4-5-17(13-18)20(14-21(23)24)22-28(25,26)19-9-7-16(3)8-10-19;/h4-10,13,15,20,22H,11-12,14H2,1-3H3,(H,23,24);/q;+1/p-1. The average Bonchev–Trinajstić information content (AvgIpc) is 2.61. The zero-order valence-electron chi connectivity index (χ0n) is 17.3. The molecule has 2 rings (SSSR count). The van der Waals surface area contributed by atoms with E-state index >= 15 is 0 Å². The van der Waals surface area contributed by atoms with E-state index in [2.05, 4.69) is 18.6 Å². The molecule has 0 saturated carbocycles. The molecule has 2 aromatic carbocycles. The Labute approximate surface area is 184 Å². The topological polar surface area (TPSA) is 95.5 Å². The minimum Gasteiger partial charge on any atom is -0.550 e. The van der Waals surface area contributed by atoms with Gasteiger partial charge in [-0.1, -0.05) is 43.7 Å². The Balaban J connectivity index is 0.00000420. The van der Waals surface area contributed by atoms with E-state index < -0.39 is 28.5 Å². The summed E-state index contributed by atoms with van der Waals surface area (Å²) >= 11 is 0. The Morgan fingerprint density at radius 3 is 2.38 bits per heavy atom. The van der Waals surface area contributed by atoms with Gasteiger partial charge >= 0.3 is 18.9 Å². The van der Waals surface area contributed by atoms with E-state index in [1.165, 1.54) is 12.1 Å². The molecule has 8 heteroatoms. The molecule has 152 valence electrons. The van der Waals surface area contributed by atoms with Crippen molar-refractivity contribution >= 4 is 16.0 Å². The third-order valence-corrected chi connectivity index (χ3v) is 5.71. The van der Waals surface area contributed by atoms with Gasteiger partial charge in [-0.25, -0.2) is 13.1 Å². The maximum Gasteiger partial charge on any atom is 1.00 e. The van der Waals surface area contributed by atoms with Crippen LogP contribution in [-0.2, 0) is 14.8 Å². The molecular formula is C21H26LiNO5S. The predicted octanol–water partition coefficient (Wildman–Crippen LogP) is -0.416. The fourth-order valence-corrected chi connectivity index (χ4v) is 3.82.